The fraction of sp³-hybridized carbons (Fsp3) is 0.211. The van der Waals surface area contributed by atoms with Gasteiger partial charge < -0.3 is 14.2 Å². The molecule has 132 valence electrons. The lowest BCUT2D eigenvalue weighted by molar-refractivity contribution is -0.117. The van der Waals surface area contributed by atoms with E-state index in [0.29, 0.717) is 30.2 Å². The Labute approximate surface area is 149 Å². The van der Waals surface area contributed by atoms with Crippen LogP contribution in [0.3, 0.4) is 0 Å². The fourth-order valence-corrected chi connectivity index (χ4v) is 3.00. The van der Waals surface area contributed by atoms with Crippen LogP contribution in [-0.4, -0.2) is 29.7 Å². The van der Waals surface area contributed by atoms with Crippen LogP contribution in [0.2, 0.25) is 0 Å². The highest BCUT2D eigenvalue weighted by Crippen LogP contribution is 2.32. The van der Waals surface area contributed by atoms with Crippen LogP contribution in [0, 0.1) is 5.82 Å². The summed E-state index contributed by atoms with van der Waals surface area (Å²) in [5, 5.41) is 4.01. The number of methoxy groups -OCH3 is 1. The molecular formula is C19H16FN3O3. The molecule has 26 heavy (non-hydrogen) atoms. The van der Waals surface area contributed by atoms with E-state index < -0.39 is 0 Å². The number of rotatable bonds is 4. The van der Waals surface area contributed by atoms with Gasteiger partial charge in [0.05, 0.1) is 7.11 Å². The van der Waals surface area contributed by atoms with E-state index in [0.717, 1.165) is 11.4 Å². The molecule has 0 aliphatic carbocycles. The Balaban J connectivity index is 1.52. The van der Waals surface area contributed by atoms with Crippen molar-refractivity contribution in [3.8, 4) is 17.2 Å². The van der Waals surface area contributed by atoms with E-state index >= 15 is 0 Å². The molecule has 2 aromatic carbocycles. The van der Waals surface area contributed by atoms with Gasteiger partial charge in [0, 0.05) is 30.1 Å². The van der Waals surface area contributed by atoms with Crippen molar-refractivity contribution in [2.24, 2.45) is 0 Å². The van der Waals surface area contributed by atoms with Crippen molar-refractivity contribution in [2.75, 3.05) is 18.6 Å². The van der Waals surface area contributed by atoms with Gasteiger partial charge in [0.25, 0.3) is 5.89 Å². The summed E-state index contributed by atoms with van der Waals surface area (Å²) >= 11 is 0. The zero-order chi connectivity index (χ0) is 18.1. The zero-order valence-electron chi connectivity index (χ0n) is 14.1. The molecule has 1 unspecified atom stereocenters. The van der Waals surface area contributed by atoms with Crippen LogP contribution in [0.25, 0.3) is 11.5 Å². The van der Waals surface area contributed by atoms with Crippen molar-refractivity contribution >= 4 is 11.6 Å². The highest BCUT2D eigenvalue weighted by molar-refractivity contribution is 5.96. The van der Waals surface area contributed by atoms with Gasteiger partial charge in [-0.25, -0.2) is 4.39 Å². The molecule has 0 saturated carbocycles. The van der Waals surface area contributed by atoms with Gasteiger partial charge in [-0.15, -0.1) is 0 Å². The van der Waals surface area contributed by atoms with Crippen LogP contribution in [-0.2, 0) is 4.79 Å². The van der Waals surface area contributed by atoms with E-state index in [-0.39, 0.29) is 17.6 Å². The molecule has 1 aliphatic rings. The van der Waals surface area contributed by atoms with Gasteiger partial charge >= 0.3 is 0 Å². The molecule has 1 aliphatic heterocycles. The van der Waals surface area contributed by atoms with E-state index in [1.807, 2.05) is 24.3 Å². The summed E-state index contributed by atoms with van der Waals surface area (Å²) in [6, 6.07) is 13.2. The molecule has 1 aromatic heterocycles. The first-order valence-corrected chi connectivity index (χ1v) is 8.18. The molecule has 7 heteroatoms. The number of halogens is 1. The van der Waals surface area contributed by atoms with Gasteiger partial charge in [0.2, 0.25) is 5.91 Å². The molecule has 1 fully saturated rings. The van der Waals surface area contributed by atoms with Crippen LogP contribution in [0.15, 0.2) is 53.1 Å². The van der Waals surface area contributed by atoms with Crippen LogP contribution in [0.5, 0.6) is 5.75 Å². The Bertz CT molecular complexity index is 922. The van der Waals surface area contributed by atoms with E-state index in [1.165, 1.54) is 12.1 Å². The largest absolute Gasteiger partial charge is 0.497 e. The minimum absolute atomic E-state index is 0.00768. The van der Waals surface area contributed by atoms with Crippen molar-refractivity contribution in [3.63, 3.8) is 0 Å². The number of anilines is 1. The second-order valence-corrected chi connectivity index (χ2v) is 6.07. The van der Waals surface area contributed by atoms with Gasteiger partial charge in [-0.2, -0.15) is 4.98 Å². The maximum absolute atomic E-state index is 13.0. The predicted octanol–water partition coefficient (Wildman–Crippen LogP) is 3.40. The molecule has 3 aromatic rings. The Morgan fingerprint density at radius 3 is 2.58 bits per heavy atom. The summed E-state index contributed by atoms with van der Waals surface area (Å²) in [5.41, 5.74) is 1.45. The Morgan fingerprint density at radius 2 is 1.88 bits per heavy atom. The van der Waals surface area contributed by atoms with Crippen LogP contribution >= 0.6 is 0 Å². The lowest BCUT2D eigenvalue weighted by Crippen LogP contribution is -2.24. The summed E-state index contributed by atoms with van der Waals surface area (Å²) in [4.78, 5) is 18.5. The maximum atomic E-state index is 13.0. The fourth-order valence-electron chi connectivity index (χ4n) is 3.00. The summed E-state index contributed by atoms with van der Waals surface area (Å²) in [5.74, 6) is 1.06. The lowest BCUT2D eigenvalue weighted by Gasteiger charge is -2.16. The summed E-state index contributed by atoms with van der Waals surface area (Å²) in [7, 11) is 1.60. The van der Waals surface area contributed by atoms with Crippen molar-refractivity contribution in [2.45, 2.75) is 12.3 Å². The minimum atomic E-state index is -0.329. The maximum Gasteiger partial charge on any atom is 0.257 e. The van der Waals surface area contributed by atoms with Crippen LogP contribution < -0.4 is 9.64 Å². The SMILES string of the molecule is COc1ccc(N2CC(c3noc(-c4ccc(F)cc4)n3)CC2=O)cc1. The third kappa shape index (κ3) is 3.03. The normalized spacial score (nSPS) is 16.9. The van der Waals surface area contributed by atoms with Crippen molar-refractivity contribution < 1.29 is 18.4 Å². The van der Waals surface area contributed by atoms with Crippen molar-refractivity contribution in [1.82, 2.24) is 10.1 Å². The molecule has 1 amide bonds. The number of ether oxygens (including phenoxy) is 1. The second-order valence-electron chi connectivity index (χ2n) is 6.07. The first-order chi connectivity index (χ1) is 12.6. The Morgan fingerprint density at radius 1 is 1.15 bits per heavy atom. The van der Waals surface area contributed by atoms with Gasteiger partial charge in [0.1, 0.15) is 11.6 Å². The van der Waals surface area contributed by atoms with E-state index in [9.17, 15) is 9.18 Å². The number of nitrogens with zero attached hydrogens (tertiary/aromatic N) is 3. The molecular weight excluding hydrogens is 337 g/mol. The third-order valence-corrected chi connectivity index (χ3v) is 4.41. The van der Waals surface area contributed by atoms with Gasteiger partial charge in [-0.05, 0) is 48.5 Å². The first kappa shape index (κ1) is 16.3. The molecule has 2 heterocycles. The van der Waals surface area contributed by atoms with E-state index in [1.54, 1.807) is 24.1 Å². The van der Waals surface area contributed by atoms with Gasteiger partial charge in [0.15, 0.2) is 5.82 Å². The third-order valence-electron chi connectivity index (χ3n) is 4.41. The monoisotopic (exact) mass is 353 g/mol. The van der Waals surface area contributed by atoms with Crippen molar-refractivity contribution in [1.29, 1.82) is 0 Å². The van der Waals surface area contributed by atoms with E-state index in [4.69, 9.17) is 9.26 Å². The second kappa shape index (κ2) is 6.59. The van der Waals surface area contributed by atoms with Crippen molar-refractivity contribution in [3.05, 3.63) is 60.2 Å². The average Bonchev–Trinajstić information content (AvgIpc) is 3.29. The molecule has 1 saturated heterocycles. The summed E-state index contributed by atoms with van der Waals surface area (Å²) in [6.07, 6.45) is 0.314. The number of carbonyl (C=O) groups excluding carboxylic acids is 1. The molecule has 0 bridgehead atoms. The molecule has 0 N–H and O–H groups in total. The summed E-state index contributed by atoms with van der Waals surface area (Å²) in [6.45, 7) is 0.480. The highest BCUT2D eigenvalue weighted by Gasteiger charge is 2.34. The average molecular weight is 353 g/mol. The lowest BCUT2D eigenvalue weighted by atomic mass is 10.1. The standard InChI is InChI=1S/C19H16FN3O3/c1-25-16-8-6-15(7-9-16)23-11-13(10-17(23)24)18-21-19(26-22-18)12-2-4-14(20)5-3-12/h2-9,13H,10-11H2,1H3. The number of carbonyl (C=O) groups is 1. The van der Waals surface area contributed by atoms with Crippen LogP contribution in [0.1, 0.15) is 18.2 Å². The molecule has 0 spiro atoms. The smallest absolute Gasteiger partial charge is 0.257 e. The quantitative estimate of drug-likeness (QED) is 0.719. The number of hydrogen-bond donors (Lipinski definition) is 0. The van der Waals surface area contributed by atoms with Crippen LogP contribution in [0.4, 0.5) is 10.1 Å². The van der Waals surface area contributed by atoms with Gasteiger partial charge in [-0.3, -0.25) is 4.79 Å². The predicted molar refractivity (Wildman–Crippen MR) is 92.4 cm³/mol. The van der Waals surface area contributed by atoms with E-state index in [2.05, 4.69) is 10.1 Å². The number of hydrogen-bond acceptors (Lipinski definition) is 5. The minimum Gasteiger partial charge on any atom is -0.497 e. The number of amides is 1. The number of benzene rings is 2. The molecule has 6 nitrogen and oxygen atoms in total. The first-order valence-electron chi connectivity index (χ1n) is 8.18. The zero-order valence-corrected chi connectivity index (χ0v) is 14.1. The molecule has 4 rings (SSSR count). The van der Waals surface area contributed by atoms with Gasteiger partial charge in [-0.1, -0.05) is 5.16 Å². The Hall–Kier alpha value is -3.22. The summed E-state index contributed by atoms with van der Waals surface area (Å²) < 4.78 is 23.5. The highest BCUT2D eigenvalue weighted by atomic mass is 19.1. The molecule has 1 atom stereocenters. The number of aromatic nitrogens is 2. The molecule has 0 radical (unpaired) electrons. The Kier molecular flexibility index (Phi) is 4.12. The topological polar surface area (TPSA) is 68.5 Å².